The summed E-state index contributed by atoms with van der Waals surface area (Å²) in [6.07, 6.45) is 0. The lowest BCUT2D eigenvalue weighted by atomic mass is 9.82. The highest BCUT2D eigenvalue weighted by Gasteiger charge is 2.33. The quantitative estimate of drug-likeness (QED) is 0.0515. The molecule has 0 fully saturated rings. The van der Waals surface area contributed by atoms with Crippen LogP contribution in [0.25, 0.3) is 87.6 Å². The van der Waals surface area contributed by atoms with E-state index in [1.807, 2.05) is 72.8 Å². The van der Waals surface area contributed by atoms with E-state index >= 15 is 0 Å². The van der Waals surface area contributed by atoms with Crippen molar-refractivity contribution in [2.24, 2.45) is 0 Å². The van der Waals surface area contributed by atoms with E-state index in [9.17, 15) is 40.9 Å². The third-order valence-corrected chi connectivity index (χ3v) is 9.74. The van der Waals surface area contributed by atoms with E-state index in [-0.39, 0.29) is 32.7 Å². The Kier molecular flexibility index (Phi) is 6.21. The lowest BCUT2D eigenvalue weighted by Gasteiger charge is -2.23. The second kappa shape index (κ2) is 10.6. The largest absolute Gasteiger partial charge is 0.504 e. The van der Waals surface area contributed by atoms with E-state index < -0.39 is 46.0 Å². The van der Waals surface area contributed by atoms with Crippen molar-refractivity contribution in [3.05, 3.63) is 109 Å². The van der Waals surface area contributed by atoms with Crippen molar-refractivity contribution >= 4 is 54.3 Å². The fraction of sp³-hybridized carbons (Fsp3) is 0. The molecule has 1 heterocycles. The minimum absolute atomic E-state index is 0.0133. The SMILES string of the molecule is Oc1c(O)c(O)c2c(-c3ccc(-c4ccccc4)c4ccccc34)c3c(O)c(O)c(O)c(O)c3c(-c3ccc4oc5ccccc5c4c3)c2c1O. The van der Waals surface area contributed by atoms with Gasteiger partial charge in [-0.25, -0.2) is 0 Å². The predicted molar refractivity (Wildman–Crippen MR) is 196 cm³/mol. The van der Waals surface area contributed by atoms with Crippen LogP contribution in [0.3, 0.4) is 0 Å². The summed E-state index contributed by atoms with van der Waals surface area (Å²) >= 11 is 0. The monoisotopic (exact) mass is 674 g/mol. The third kappa shape index (κ3) is 4.03. The van der Waals surface area contributed by atoms with Gasteiger partial charge in [0.25, 0.3) is 0 Å². The van der Waals surface area contributed by atoms with Crippen molar-refractivity contribution < 1.29 is 45.3 Å². The summed E-state index contributed by atoms with van der Waals surface area (Å²) in [5, 5.41) is 92.6. The van der Waals surface area contributed by atoms with Gasteiger partial charge >= 0.3 is 0 Å². The van der Waals surface area contributed by atoms with Crippen LogP contribution < -0.4 is 0 Å². The molecule has 9 rings (SSSR count). The summed E-state index contributed by atoms with van der Waals surface area (Å²) in [6.45, 7) is 0. The van der Waals surface area contributed by atoms with Gasteiger partial charge in [-0.2, -0.15) is 0 Å². The summed E-state index contributed by atoms with van der Waals surface area (Å²) in [6, 6.07) is 32.9. The summed E-state index contributed by atoms with van der Waals surface area (Å²) < 4.78 is 6.01. The lowest BCUT2D eigenvalue weighted by molar-refractivity contribution is 0.350. The Morgan fingerprint density at radius 3 is 1.35 bits per heavy atom. The fourth-order valence-corrected chi connectivity index (χ4v) is 7.45. The molecule has 0 spiro atoms. The van der Waals surface area contributed by atoms with Crippen molar-refractivity contribution in [2.45, 2.75) is 0 Å². The van der Waals surface area contributed by atoms with Crippen LogP contribution in [-0.4, -0.2) is 40.9 Å². The number of hydrogen-bond acceptors (Lipinski definition) is 9. The van der Waals surface area contributed by atoms with E-state index in [1.54, 1.807) is 36.4 Å². The van der Waals surface area contributed by atoms with Gasteiger partial charge in [-0.1, -0.05) is 91.0 Å². The molecule has 0 atom stereocenters. The zero-order valence-corrected chi connectivity index (χ0v) is 26.4. The van der Waals surface area contributed by atoms with Crippen molar-refractivity contribution in [1.82, 2.24) is 0 Å². The second-order valence-corrected chi connectivity index (χ2v) is 12.4. The molecule has 0 radical (unpaired) electrons. The molecule has 8 aromatic carbocycles. The standard InChI is InChI=1S/C42H26O9/c43-35-31-29(20-14-17-28-26(18-20)24-12-6-7-13-27(24)51-28)32-34(38(46)42(50)40(48)36(32)44)30(33(31)37(45)41(49)39(35)47)25-16-15-21(19-8-2-1-3-9-19)22-10-4-5-11-23(22)25/h1-18,43-50H. The van der Waals surface area contributed by atoms with Crippen LogP contribution in [0.1, 0.15) is 0 Å². The van der Waals surface area contributed by atoms with Crippen molar-refractivity contribution in [3.8, 4) is 79.4 Å². The number of phenolic OH excluding ortho intramolecular Hbond substituents is 8. The maximum Gasteiger partial charge on any atom is 0.204 e. The summed E-state index contributed by atoms with van der Waals surface area (Å²) in [5.74, 6) is -7.47. The van der Waals surface area contributed by atoms with Crippen LogP contribution in [0, 0.1) is 0 Å². The maximum atomic E-state index is 11.7. The molecular weight excluding hydrogens is 648 g/mol. The van der Waals surface area contributed by atoms with Crippen LogP contribution in [0.4, 0.5) is 0 Å². The van der Waals surface area contributed by atoms with E-state index in [4.69, 9.17) is 4.42 Å². The zero-order chi connectivity index (χ0) is 35.3. The fourth-order valence-electron chi connectivity index (χ4n) is 7.45. The average Bonchev–Trinajstić information content (AvgIpc) is 3.54. The predicted octanol–water partition coefficient (Wildman–Crippen LogP) is 9.69. The van der Waals surface area contributed by atoms with Crippen LogP contribution in [0.15, 0.2) is 114 Å². The molecule has 9 heteroatoms. The number of furan rings is 1. The Bertz CT molecular complexity index is 2860. The minimum atomic E-state index is -1.03. The van der Waals surface area contributed by atoms with Gasteiger partial charge in [0.2, 0.25) is 23.0 Å². The van der Waals surface area contributed by atoms with Crippen LogP contribution >= 0.6 is 0 Å². The molecule has 0 amide bonds. The molecular formula is C42H26O9. The highest BCUT2D eigenvalue weighted by molar-refractivity contribution is 6.31. The van der Waals surface area contributed by atoms with Gasteiger partial charge in [0, 0.05) is 43.4 Å². The van der Waals surface area contributed by atoms with Gasteiger partial charge in [-0.3, -0.25) is 0 Å². The van der Waals surface area contributed by atoms with Crippen molar-refractivity contribution in [3.63, 3.8) is 0 Å². The molecule has 0 saturated heterocycles. The molecule has 9 nitrogen and oxygen atoms in total. The van der Waals surface area contributed by atoms with Crippen molar-refractivity contribution in [2.75, 3.05) is 0 Å². The highest BCUT2D eigenvalue weighted by Crippen LogP contribution is 2.62. The molecule has 9 aromatic rings. The Hall–Kier alpha value is -7.26. The van der Waals surface area contributed by atoms with Crippen LogP contribution in [-0.2, 0) is 0 Å². The molecule has 0 aliphatic heterocycles. The average molecular weight is 675 g/mol. The summed E-state index contributed by atoms with van der Waals surface area (Å²) in [5.41, 5.74) is 3.52. The molecule has 0 bridgehead atoms. The number of benzene rings is 8. The number of para-hydroxylation sites is 1. The summed E-state index contributed by atoms with van der Waals surface area (Å²) in [4.78, 5) is 0. The topological polar surface area (TPSA) is 175 Å². The molecule has 8 N–H and O–H groups in total. The van der Waals surface area contributed by atoms with Gasteiger partial charge in [-0.05, 0) is 51.2 Å². The number of aromatic hydroxyl groups is 8. The Labute approximate surface area is 287 Å². The van der Waals surface area contributed by atoms with E-state index in [0.717, 1.165) is 21.9 Å². The minimum Gasteiger partial charge on any atom is -0.504 e. The highest BCUT2D eigenvalue weighted by atomic mass is 16.4. The molecule has 51 heavy (non-hydrogen) atoms. The first kappa shape index (κ1) is 29.8. The Morgan fingerprint density at radius 1 is 0.314 bits per heavy atom. The Balaban J connectivity index is 1.53. The zero-order valence-electron chi connectivity index (χ0n) is 26.4. The first-order valence-electron chi connectivity index (χ1n) is 15.9. The lowest BCUT2D eigenvalue weighted by Crippen LogP contribution is -1.95. The van der Waals surface area contributed by atoms with Gasteiger partial charge in [0.05, 0.1) is 0 Å². The molecule has 248 valence electrons. The normalized spacial score (nSPS) is 11.8. The van der Waals surface area contributed by atoms with E-state index in [2.05, 4.69) is 0 Å². The molecule has 0 aliphatic rings. The van der Waals surface area contributed by atoms with Crippen LogP contribution in [0.2, 0.25) is 0 Å². The first-order chi connectivity index (χ1) is 24.7. The van der Waals surface area contributed by atoms with E-state index in [0.29, 0.717) is 33.1 Å². The number of phenols is 8. The number of fused-ring (bicyclic) bond motifs is 6. The van der Waals surface area contributed by atoms with Gasteiger partial charge in [-0.15, -0.1) is 0 Å². The van der Waals surface area contributed by atoms with Crippen LogP contribution in [0.5, 0.6) is 46.0 Å². The van der Waals surface area contributed by atoms with Gasteiger partial charge in [0.1, 0.15) is 11.2 Å². The molecule has 0 aliphatic carbocycles. The summed E-state index contributed by atoms with van der Waals surface area (Å²) in [7, 11) is 0. The maximum absolute atomic E-state index is 11.7. The van der Waals surface area contributed by atoms with Gasteiger partial charge < -0.3 is 45.3 Å². The Morgan fingerprint density at radius 2 is 0.765 bits per heavy atom. The van der Waals surface area contributed by atoms with Crippen molar-refractivity contribution in [1.29, 1.82) is 0 Å². The first-order valence-corrected chi connectivity index (χ1v) is 15.9. The molecule has 0 unspecified atom stereocenters. The second-order valence-electron chi connectivity index (χ2n) is 12.4. The smallest absolute Gasteiger partial charge is 0.204 e. The number of hydrogen-bond donors (Lipinski definition) is 8. The molecule has 1 aromatic heterocycles. The number of rotatable bonds is 3. The molecule has 0 saturated carbocycles. The van der Waals surface area contributed by atoms with Gasteiger partial charge in [0.15, 0.2) is 23.0 Å². The van der Waals surface area contributed by atoms with E-state index in [1.165, 1.54) is 0 Å². The third-order valence-electron chi connectivity index (χ3n) is 9.74.